The minimum atomic E-state index is -0.430. The van der Waals surface area contributed by atoms with Crippen LogP contribution in [-0.2, 0) is 5.41 Å². The average molecular weight is 406 g/mol. The van der Waals surface area contributed by atoms with Gasteiger partial charge in [-0.15, -0.1) is 0 Å². The number of amides is 2. The van der Waals surface area contributed by atoms with Crippen molar-refractivity contribution in [3.05, 3.63) is 77.2 Å². The fourth-order valence-corrected chi connectivity index (χ4v) is 3.12. The van der Waals surface area contributed by atoms with Crippen LogP contribution in [0.15, 0.2) is 54.9 Å². The van der Waals surface area contributed by atoms with Crippen LogP contribution in [-0.4, -0.2) is 26.6 Å². The topological polar surface area (TPSA) is 88.9 Å². The molecule has 0 bridgehead atoms. The van der Waals surface area contributed by atoms with E-state index < -0.39 is 5.91 Å². The molecule has 7 heteroatoms. The van der Waals surface area contributed by atoms with Gasteiger partial charge < -0.3 is 0 Å². The fraction of sp³-hybridized carbons (Fsp3) is 0.304. The maximum absolute atomic E-state index is 12.7. The number of hydrazine groups is 1. The van der Waals surface area contributed by atoms with Crippen LogP contribution in [0, 0.1) is 0 Å². The lowest BCUT2D eigenvalue weighted by molar-refractivity contribution is 0.0846. The van der Waals surface area contributed by atoms with E-state index in [0.29, 0.717) is 16.9 Å². The standard InChI is InChI=1S/C23H27N5O2/c1-15(2)20-18(14-25-28(20)19-8-6-7-13-24-19)22(30)27-26-21(29)16-9-11-17(12-10-16)23(3,4)5/h6-15H,1-5H3,(H,26,29)(H,27,30). The van der Waals surface area contributed by atoms with Crippen molar-refractivity contribution in [1.29, 1.82) is 0 Å². The molecule has 0 saturated heterocycles. The summed E-state index contributed by atoms with van der Waals surface area (Å²) in [5.41, 5.74) is 7.68. The van der Waals surface area contributed by atoms with Crippen molar-refractivity contribution >= 4 is 11.8 Å². The summed E-state index contributed by atoms with van der Waals surface area (Å²) in [4.78, 5) is 29.5. The summed E-state index contributed by atoms with van der Waals surface area (Å²) >= 11 is 0. The van der Waals surface area contributed by atoms with E-state index >= 15 is 0 Å². The van der Waals surface area contributed by atoms with Crippen molar-refractivity contribution in [2.75, 3.05) is 0 Å². The smallest absolute Gasteiger partial charge is 0.267 e. The van der Waals surface area contributed by atoms with Crippen LogP contribution in [0.2, 0.25) is 0 Å². The number of carbonyl (C=O) groups is 2. The Hall–Kier alpha value is -3.48. The normalized spacial score (nSPS) is 11.4. The Morgan fingerprint density at radius 2 is 1.63 bits per heavy atom. The summed E-state index contributed by atoms with van der Waals surface area (Å²) in [6, 6.07) is 12.8. The molecule has 2 N–H and O–H groups in total. The lowest BCUT2D eigenvalue weighted by Crippen LogP contribution is -2.42. The van der Waals surface area contributed by atoms with Gasteiger partial charge >= 0.3 is 0 Å². The summed E-state index contributed by atoms with van der Waals surface area (Å²) < 4.78 is 1.65. The van der Waals surface area contributed by atoms with Gasteiger partial charge in [0.1, 0.15) is 0 Å². The van der Waals surface area contributed by atoms with E-state index in [4.69, 9.17) is 0 Å². The van der Waals surface area contributed by atoms with Crippen molar-refractivity contribution in [3.63, 3.8) is 0 Å². The highest BCUT2D eigenvalue weighted by Gasteiger charge is 2.22. The van der Waals surface area contributed by atoms with Crippen LogP contribution in [0.1, 0.15) is 72.5 Å². The maximum atomic E-state index is 12.7. The monoisotopic (exact) mass is 405 g/mol. The molecule has 0 radical (unpaired) electrons. The zero-order valence-electron chi connectivity index (χ0n) is 17.9. The quantitative estimate of drug-likeness (QED) is 0.647. The molecule has 0 aliphatic carbocycles. The highest BCUT2D eigenvalue weighted by Crippen LogP contribution is 2.23. The first-order valence-electron chi connectivity index (χ1n) is 9.89. The Balaban J connectivity index is 1.73. The lowest BCUT2D eigenvalue weighted by Gasteiger charge is -2.19. The van der Waals surface area contributed by atoms with E-state index in [0.717, 1.165) is 11.3 Å². The third kappa shape index (κ3) is 4.56. The predicted molar refractivity (Wildman–Crippen MR) is 116 cm³/mol. The molecule has 2 amide bonds. The second kappa shape index (κ2) is 8.49. The van der Waals surface area contributed by atoms with Gasteiger partial charge in [0, 0.05) is 11.8 Å². The molecule has 2 heterocycles. The van der Waals surface area contributed by atoms with Crippen LogP contribution in [0.3, 0.4) is 0 Å². The zero-order chi connectivity index (χ0) is 21.9. The molecule has 0 unspecified atom stereocenters. The molecule has 2 aromatic heterocycles. The van der Waals surface area contributed by atoms with Crippen LogP contribution in [0.4, 0.5) is 0 Å². The number of aromatic nitrogens is 3. The molecular formula is C23H27N5O2. The Morgan fingerprint density at radius 3 is 2.20 bits per heavy atom. The summed E-state index contributed by atoms with van der Waals surface area (Å²) in [7, 11) is 0. The van der Waals surface area contributed by atoms with Gasteiger partial charge in [-0.05, 0) is 41.2 Å². The Kier molecular flexibility index (Phi) is 6.01. The number of nitrogens with one attached hydrogen (secondary N) is 2. The Morgan fingerprint density at radius 1 is 0.967 bits per heavy atom. The molecule has 0 fully saturated rings. The molecule has 0 atom stereocenters. The second-order valence-electron chi connectivity index (χ2n) is 8.43. The van der Waals surface area contributed by atoms with Gasteiger partial charge in [0.2, 0.25) is 0 Å². The number of pyridine rings is 1. The molecule has 0 aliphatic rings. The summed E-state index contributed by atoms with van der Waals surface area (Å²) in [6.45, 7) is 10.3. The van der Waals surface area contributed by atoms with Crippen molar-refractivity contribution in [3.8, 4) is 5.82 Å². The van der Waals surface area contributed by atoms with Gasteiger partial charge in [-0.2, -0.15) is 5.10 Å². The van der Waals surface area contributed by atoms with E-state index in [1.54, 1.807) is 23.0 Å². The van der Waals surface area contributed by atoms with E-state index in [2.05, 4.69) is 41.7 Å². The van der Waals surface area contributed by atoms with Crippen molar-refractivity contribution in [2.45, 2.75) is 46.0 Å². The molecule has 0 spiro atoms. The van der Waals surface area contributed by atoms with Crippen LogP contribution < -0.4 is 10.9 Å². The molecule has 3 rings (SSSR count). The van der Waals surface area contributed by atoms with Crippen molar-refractivity contribution in [1.82, 2.24) is 25.6 Å². The van der Waals surface area contributed by atoms with E-state index in [9.17, 15) is 9.59 Å². The second-order valence-corrected chi connectivity index (χ2v) is 8.43. The minimum Gasteiger partial charge on any atom is -0.267 e. The number of hydrogen-bond acceptors (Lipinski definition) is 4. The molecule has 0 aliphatic heterocycles. The van der Waals surface area contributed by atoms with Crippen LogP contribution >= 0.6 is 0 Å². The highest BCUT2D eigenvalue weighted by atomic mass is 16.2. The third-order valence-corrected chi connectivity index (χ3v) is 4.77. The van der Waals surface area contributed by atoms with Crippen LogP contribution in [0.5, 0.6) is 0 Å². The number of rotatable bonds is 4. The van der Waals surface area contributed by atoms with Gasteiger partial charge in [0.05, 0.1) is 17.5 Å². The largest absolute Gasteiger partial charge is 0.273 e. The Bertz CT molecular complexity index is 1030. The molecular weight excluding hydrogens is 378 g/mol. The van der Waals surface area contributed by atoms with E-state index in [-0.39, 0.29) is 17.2 Å². The first-order chi connectivity index (χ1) is 14.2. The van der Waals surface area contributed by atoms with Crippen LogP contribution in [0.25, 0.3) is 5.82 Å². The van der Waals surface area contributed by atoms with E-state index in [1.807, 2.05) is 44.2 Å². The minimum absolute atomic E-state index is 0.00420. The first kappa shape index (κ1) is 21.2. The van der Waals surface area contributed by atoms with Gasteiger partial charge in [0.15, 0.2) is 5.82 Å². The summed E-state index contributed by atoms with van der Waals surface area (Å²) in [5, 5.41) is 4.33. The third-order valence-electron chi connectivity index (χ3n) is 4.77. The van der Waals surface area contributed by atoms with Gasteiger partial charge in [-0.25, -0.2) is 9.67 Å². The molecule has 3 aromatic rings. The molecule has 30 heavy (non-hydrogen) atoms. The van der Waals surface area contributed by atoms with E-state index in [1.165, 1.54) is 6.20 Å². The number of benzene rings is 1. The number of carbonyl (C=O) groups excluding carboxylic acids is 2. The van der Waals surface area contributed by atoms with Gasteiger partial charge in [0.25, 0.3) is 11.8 Å². The Labute approximate surface area is 176 Å². The van der Waals surface area contributed by atoms with Gasteiger partial charge in [-0.1, -0.05) is 52.8 Å². The molecule has 156 valence electrons. The fourth-order valence-electron chi connectivity index (χ4n) is 3.12. The maximum Gasteiger partial charge on any atom is 0.273 e. The molecule has 1 aromatic carbocycles. The first-order valence-corrected chi connectivity index (χ1v) is 9.89. The summed E-state index contributed by atoms with van der Waals surface area (Å²) in [6.07, 6.45) is 3.16. The molecule has 7 nitrogen and oxygen atoms in total. The van der Waals surface area contributed by atoms with Gasteiger partial charge in [-0.3, -0.25) is 20.4 Å². The number of hydrogen-bond donors (Lipinski definition) is 2. The summed E-state index contributed by atoms with van der Waals surface area (Å²) in [5.74, 6) is -0.160. The number of nitrogens with zero attached hydrogens (tertiary/aromatic N) is 3. The SMILES string of the molecule is CC(C)c1c(C(=O)NNC(=O)c2ccc(C(C)(C)C)cc2)cnn1-c1ccccn1. The predicted octanol–water partition coefficient (Wildman–Crippen LogP) is 3.76. The lowest BCUT2D eigenvalue weighted by atomic mass is 9.87. The average Bonchev–Trinajstić information content (AvgIpc) is 3.17. The van der Waals surface area contributed by atoms with Crippen molar-refractivity contribution in [2.24, 2.45) is 0 Å². The highest BCUT2D eigenvalue weighted by molar-refractivity contribution is 5.99. The van der Waals surface area contributed by atoms with Crippen molar-refractivity contribution < 1.29 is 9.59 Å². The molecule has 0 saturated carbocycles. The zero-order valence-corrected chi connectivity index (χ0v) is 17.9.